The maximum atomic E-state index is 9.20. The highest BCUT2D eigenvalue weighted by Gasteiger charge is 2.05. The molecule has 0 radical (unpaired) electrons. The predicted octanol–water partition coefficient (Wildman–Crippen LogP) is 4.95. The maximum Gasteiger partial charge on any atom is 0.0998 e. The second-order valence-corrected chi connectivity index (χ2v) is 6.15. The molecule has 0 saturated heterocycles. The molecule has 0 fully saturated rings. The molecule has 0 amide bonds. The van der Waals surface area contributed by atoms with Crippen molar-refractivity contribution in [2.24, 2.45) is 0 Å². The first-order chi connectivity index (χ1) is 10.3. The average molecular weight is 292 g/mol. The third kappa shape index (κ3) is 2.76. The summed E-state index contributed by atoms with van der Waals surface area (Å²) in [6.07, 6.45) is 1.09. The van der Waals surface area contributed by atoms with Gasteiger partial charge in [-0.15, -0.1) is 11.3 Å². The van der Waals surface area contributed by atoms with E-state index in [0.717, 1.165) is 35.0 Å². The summed E-state index contributed by atoms with van der Waals surface area (Å²) in [7, 11) is 0. The van der Waals surface area contributed by atoms with Gasteiger partial charge < -0.3 is 5.32 Å². The Morgan fingerprint density at radius 2 is 1.76 bits per heavy atom. The minimum Gasteiger partial charge on any atom is -0.380 e. The predicted molar refractivity (Wildman–Crippen MR) is 89.7 cm³/mol. The van der Waals surface area contributed by atoms with Crippen molar-refractivity contribution < 1.29 is 0 Å². The van der Waals surface area contributed by atoms with Crippen LogP contribution in [0.15, 0.2) is 48.5 Å². The fraction of sp³-hybridized carbons (Fsp3) is 0.167. The summed E-state index contributed by atoms with van der Waals surface area (Å²) in [5.41, 5.74) is 1.80. The average Bonchev–Trinajstić information content (AvgIpc) is 3.00. The Kier molecular flexibility index (Phi) is 3.89. The van der Waals surface area contributed by atoms with E-state index in [-0.39, 0.29) is 0 Å². The molecule has 0 unspecified atom stereocenters. The summed E-state index contributed by atoms with van der Waals surface area (Å²) in [6.45, 7) is 3.00. The molecule has 1 heterocycles. The zero-order chi connectivity index (χ0) is 14.7. The molecule has 0 aliphatic carbocycles. The number of nitrogens with one attached hydrogen (secondary N) is 1. The Bertz CT molecular complexity index is 811. The molecule has 3 rings (SSSR count). The van der Waals surface area contributed by atoms with Gasteiger partial charge in [-0.25, -0.2) is 0 Å². The quantitative estimate of drug-likeness (QED) is 0.738. The number of nitrogens with zero attached hydrogens (tertiary/aromatic N) is 1. The van der Waals surface area contributed by atoms with Gasteiger partial charge >= 0.3 is 0 Å². The Balaban J connectivity index is 1.89. The second-order valence-electron chi connectivity index (χ2n) is 4.89. The van der Waals surface area contributed by atoms with E-state index in [4.69, 9.17) is 0 Å². The van der Waals surface area contributed by atoms with Crippen molar-refractivity contribution in [1.82, 2.24) is 0 Å². The van der Waals surface area contributed by atoms with Crippen LogP contribution in [0.1, 0.15) is 22.2 Å². The van der Waals surface area contributed by atoms with E-state index in [2.05, 4.69) is 36.5 Å². The lowest BCUT2D eigenvalue weighted by Gasteiger charge is -2.10. The fourth-order valence-electron chi connectivity index (χ4n) is 2.44. The van der Waals surface area contributed by atoms with Crippen LogP contribution >= 0.6 is 11.3 Å². The molecule has 104 valence electrons. The van der Waals surface area contributed by atoms with Crippen LogP contribution in [0.25, 0.3) is 10.8 Å². The van der Waals surface area contributed by atoms with E-state index >= 15 is 0 Å². The van der Waals surface area contributed by atoms with Gasteiger partial charge in [0.2, 0.25) is 0 Å². The first kappa shape index (κ1) is 13.7. The van der Waals surface area contributed by atoms with Gasteiger partial charge in [0, 0.05) is 32.8 Å². The van der Waals surface area contributed by atoms with Gasteiger partial charge in [-0.05, 0) is 30.7 Å². The molecule has 0 aliphatic heterocycles. The number of benzene rings is 2. The number of anilines is 1. The van der Waals surface area contributed by atoms with Gasteiger partial charge in [0.1, 0.15) is 0 Å². The third-order valence-corrected chi connectivity index (χ3v) is 4.79. The molecule has 0 bridgehead atoms. The van der Waals surface area contributed by atoms with Crippen molar-refractivity contribution in [2.75, 3.05) is 5.32 Å². The molecule has 0 spiro atoms. The van der Waals surface area contributed by atoms with E-state index in [1.807, 2.05) is 41.7 Å². The summed E-state index contributed by atoms with van der Waals surface area (Å²) in [6, 6.07) is 18.6. The number of hydrogen-bond donors (Lipinski definition) is 1. The minimum atomic E-state index is 0.723. The molecule has 0 saturated carbocycles. The number of nitriles is 1. The first-order valence-electron chi connectivity index (χ1n) is 7.05. The van der Waals surface area contributed by atoms with Crippen molar-refractivity contribution >= 4 is 27.8 Å². The smallest absolute Gasteiger partial charge is 0.0998 e. The summed E-state index contributed by atoms with van der Waals surface area (Å²) < 4.78 is 0. The second kappa shape index (κ2) is 5.99. The minimum absolute atomic E-state index is 0.723. The zero-order valence-electron chi connectivity index (χ0n) is 11.9. The van der Waals surface area contributed by atoms with Crippen LogP contribution in [0.5, 0.6) is 0 Å². The van der Waals surface area contributed by atoms with Crippen LogP contribution in [0.4, 0.5) is 5.69 Å². The number of aryl methyl sites for hydroxylation is 1. The molecule has 3 aromatic rings. The van der Waals surface area contributed by atoms with Gasteiger partial charge in [0.05, 0.1) is 11.6 Å². The molecule has 1 aromatic heterocycles. The molecular formula is C18H16N2S. The van der Waals surface area contributed by atoms with Crippen LogP contribution < -0.4 is 5.32 Å². The topological polar surface area (TPSA) is 35.8 Å². The first-order valence-corrected chi connectivity index (χ1v) is 7.86. The molecule has 0 atom stereocenters. The van der Waals surface area contributed by atoms with Crippen molar-refractivity contribution in [3.05, 3.63) is 63.8 Å². The van der Waals surface area contributed by atoms with E-state index < -0.39 is 0 Å². The van der Waals surface area contributed by atoms with Crippen molar-refractivity contribution in [2.45, 2.75) is 19.9 Å². The summed E-state index contributed by atoms with van der Waals surface area (Å²) in [5.74, 6) is 0. The highest BCUT2D eigenvalue weighted by Crippen LogP contribution is 2.27. The van der Waals surface area contributed by atoms with E-state index in [0.29, 0.717) is 0 Å². The van der Waals surface area contributed by atoms with Crippen molar-refractivity contribution in [1.29, 1.82) is 5.26 Å². The van der Waals surface area contributed by atoms with E-state index in [9.17, 15) is 5.26 Å². The summed E-state index contributed by atoms with van der Waals surface area (Å²) in [5, 5.41) is 14.8. The summed E-state index contributed by atoms with van der Waals surface area (Å²) in [4.78, 5) is 2.75. The van der Waals surface area contributed by atoms with Crippen LogP contribution in [0, 0.1) is 11.3 Å². The van der Waals surface area contributed by atoms with Crippen LogP contribution in [0.3, 0.4) is 0 Å². The zero-order valence-corrected chi connectivity index (χ0v) is 12.7. The van der Waals surface area contributed by atoms with E-state index in [1.54, 1.807) is 0 Å². The summed E-state index contributed by atoms with van der Waals surface area (Å²) >= 11 is 1.85. The number of hydrogen-bond acceptors (Lipinski definition) is 3. The number of fused-ring (bicyclic) bond motifs is 1. The standard InChI is InChI=1S/C18H16N2S/c1-2-14-8-9-15(21-14)12-20-18-10-7-13(11-19)16-5-3-4-6-17(16)18/h3-10,20H,2,12H2,1H3. The largest absolute Gasteiger partial charge is 0.380 e. The van der Waals surface area contributed by atoms with Gasteiger partial charge in [0.15, 0.2) is 0 Å². The lowest BCUT2D eigenvalue weighted by atomic mass is 10.0. The lowest BCUT2D eigenvalue weighted by molar-refractivity contribution is 1.19. The van der Waals surface area contributed by atoms with Gasteiger partial charge in [-0.2, -0.15) is 5.26 Å². The van der Waals surface area contributed by atoms with Gasteiger partial charge in [-0.1, -0.05) is 31.2 Å². The lowest BCUT2D eigenvalue weighted by Crippen LogP contribution is -1.98. The highest BCUT2D eigenvalue weighted by atomic mass is 32.1. The van der Waals surface area contributed by atoms with Crippen LogP contribution in [0.2, 0.25) is 0 Å². The number of thiophene rings is 1. The van der Waals surface area contributed by atoms with Gasteiger partial charge in [-0.3, -0.25) is 0 Å². The Hall–Kier alpha value is -2.31. The molecule has 3 heteroatoms. The molecule has 2 nitrogen and oxygen atoms in total. The van der Waals surface area contributed by atoms with Crippen molar-refractivity contribution in [3.8, 4) is 6.07 Å². The molecule has 2 aromatic carbocycles. The highest BCUT2D eigenvalue weighted by molar-refractivity contribution is 7.12. The van der Waals surface area contributed by atoms with Crippen molar-refractivity contribution in [3.63, 3.8) is 0 Å². The molecule has 0 aliphatic rings. The molecular weight excluding hydrogens is 276 g/mol. The normalized spacial score (nSPS) is 10.5. The molecule has 21 heavy (non-hydrogen) atoms. The fourth-order valence-corrected chi connectivity index (χ4v) is 3.34. The Morgan fingerprint density at radius 1 is 1.00 bits per heavy atom. The van der Waals surface area contributed by atoms with Crippen LogP contribution in [-0.2, 0) is 13.0 Å². The Labute approximate surface area is 128 Å². The monoisotopic (exact) mass is 292 g/mol. The van der Waals surface area contributed by atoms with Gasteiger partial charge in [0.25, 0.3) is 0 Å². The number of rotatable bonds is 4. The Morgan fingerprint density at radius 3 is 2.48 bits per heavy atom. The molecule has 1 N–H and O–H groups in total. The third-order valence-electron chi connectivity index (χ3n) is 3.56. The SMILES string of the molecule is CCc1ccc(CNc2ccc(C#N)c3ccccc23)s1. The maximum absolute atomic E-state index is 9.20. The van der Waals surface area contributed by atoms with Crippen LogP contribution in [-0.4, -0.2) is 0 Å². The van der Waals surface area contributed by atoms with E-state index in [1.165, 1.54) is 9.75 Å².